The molecule has 2 rings (SSSR count). The summed E-state index contributed by atoms with van der Waals surface area (Å²) in [7, 11) is 2.85. The van der Waals surface area contributed by atoms with E-state index in [-0.39, 0.29) is 23.6 Å². The number of likely N-dealkylation sites (N-methyl/N-ethyl adjacent to an activating group) is 1. The summed E-state index contributed by atoms with van der Waals surface area (Å²) in [4.78, 5) is 12.6. The van der Waals surface area contributed by atoms with Crippen LogP contribution < -0.4 is 4.90 Å². The normalized spacial score (nSPS) is 15.2. The van der Waals surface area contributed by atoms with Gasteiger partial charge in [-0.25, -0.2) is 12.8 Å². The van der Waals surface area contributed by atoms with Crippen LogP contribution in [0.1, 0.15) is 11.1 Å². The Bertz CT molecular complexity index is 600. The molecule has 0 atom stereocenters. The molecule has 92 valence electrons. The predicted octanol–water partition coefficient (Wildman–Crippen LogP) is 1.41. The number of hydrogen-bond donors (Lipinski definition) is 0. The summed E-state index contributed by atoms with van der Waals surface area (Å²) >= 11 is 0. The topological polar surface area (TPSA) is 54.5 Å². The standard InChI is InChI=1S/C10H9ClFNO3S/c1-13-9(14)4-7-2-6(5-17(11,15)16)3-8(12)10(7)13/h2-3H,4-5H2,1H3. The molecule has 4 nitrogen and oxygen atoms in total. The quantitative estimate of drug-likeness (QED) is 0.768. The first-order valence-corrected chi connectivity index (χ1v) is 7.26. The van der Waals surface area contributed by atoms with E-state index in [0.717, 1.165) is 6.07 Å². The summed E-state index contributed by atoms with van der Waals surface area (Å²) < 4.78 is 35.5. The highest BCUT2D eigenvalue weighted by Gasteiger charge is 2.28. The fourth-order valence-corrected chi connectivity index (χ4v) is 2.86. The first-order chi connectivity index (χ1) is 7.78. The molecule has 0 unspecified atom stereocenters. The lowest BCUT2D eigenvalue weighted by atomic mass is 10.1. The second-order valence-corrected chi connectivity index (χ2v) is 6.68. The van der Waals surface area contributed by atoms with Gasteiger partial charge in [0.25, 0.3) is 0 Å². The van der Waals surface area contributed by atoms with Crippen LogP contribution in [-0.4, -0.2) is 21.4 Å². The zero-order chi connectivity index (χ0) is 12.8. The third-order valence-corrected chi connectivity index (χ3v) is 3.60. The van der Waals surface area contributed by atoms with Crippen molar-refractivity contribution in [3.63, 3.8) is 0 Å². The Labute approximate surface area is 102 Å². The molecule has 0 aliphatic carbocycles. The van der Waals surface area contributed by atoms with Crippen LogP contribution >= 0.6 is 10.7 Å². The van der Waals surface area contributed by atoms with Crippen LogP contribution in [0.3, 0.4) is 0 Å². The maximum Gasteiger partial charge on any atom is 0.236 e. The minimum Gasteiger partial charge on any atom is -0.312 e. The molecule has 0 spiro atoms. The number of fused-ring (bicyclic) bond motifs is 1. The highest BCUT2D eigenvalue weighted by molar-refractivity contribution is 8.13. The molecular formula is C10H9ClFNO3S. The van der Waals surface area contributed by atoms with Gasteiger partial charge in [-0.1, -0.05) is 6.07 Å². The molecular weight excluding hydrogens is 269 g/mol. The van der Waals surface area contributed by atoms with E-state index in [1.54, 1.807) is 0 Å². The second kappa shape index (κ2) is 3.96. The zero-order valence-corrected chi connectivity index (χ0v) is 10.5. The number of carbonyl (C=O) groups excluding carboxylic acids is 1. The van der Waals surface area contributed by atoms with Crippen molar-refractivity contribution in [2.24, 2.45) is 0 Å². The highest BCUT2D eigenvalue weighted by Crippen LogP contribution is 2.32. The van der Waals surface area contributed by atoms with Gasteiger partial charge in [-0.05, 0) is 17.2 Å². The van der Waals surface area contributed by atoms with E-state index in [2.05, 4.69) is 0 Å². The Morgan fingerprint density at radius 3 is 2.71 bits per heavy atom. The van der Waals surface area contributed by atoms with Gasteiger partial charge in [0.2, 0.25) is 15.0 Å². The smallest absolute Gasteiger partial charge is 0.236 e. The van der Waals surface area contributed by atoms with Gasteiger partial charge in [0.1, 0.15) is 5.82 Å². The van der Waals surface area contributed by atoms with Crippen molar-refractivity contribution in [3.8, 4) is 0 Å². The van der Waals surface area contributed by atoms with Gasteiger partial charge in [0, 0.05) is 17.7 Å². The van der Waals surface area contributed by atoms with Crippen molar-refractivity contribution >= 4 is 31.3 Å². The van der Waals surface area contributed by atoms with E-state index in [0.29, 0.717) is 5.56 Å². The average Bonchev–Trinajstić information content (AvgIpc) is 2.39. The molecule has 0 N–H and O–H groups in total. The SMILES string of the molecule is CN1C(=O)Cc2cc(CS(=O)(=O)Cl)cc(F)c21. The van der Waals surface area contributed by atoms with E-state index < -0.39 is 20.6 Å². The Morgan fingerprint density at radius 2 is 2.12 bits per heavy atom. The van der Waals surface area contributed by atoms with E-state index in [1.165, 1.54) is 18.0 Å². The minimum absolute atomic E-state index is 0.0823. The Balaban J connectivity index is 2.47. The predicted molar refractivity (Wildman–Crippen MR) is 62.0 cm³/mol. The third kappa shape index (κ3) is 2.42. The average molecular weight is 278 g/mol. The zero-order valence-electron chi connectivity index (χ0n) is 8.91. The van der Waals surface area contributed by atoms with E-state index >= 15 is 0 Å². The van der Waals surface area contributed by atoms with Crippen molar-refractivity contribution in [1.82, 2.24) is 0 Å². The van der Waals surface area contributed by atoms with Gasteiger partial charge in [0.15, 0.2) is 0 Å². The molecule has 0 aromatic heterocycles. The number of benzene rings is 1. The first kappa shape index (κ1) is 12.3. The van der Waals surface area contributed by atoms with E-state index in [1.807, 2.05) is 0 Å². The number of hydrogen-bond acceptors (Lipinski definition) is 3. The van der Waals surface area contributed by atoms with Crippen molar-refractivity contribution in [2.75, 3.05) is 11.9 Å². The number of amides is 1. The lowest BCUT2D eigenvalue weighted by Crippen LogP contribution is -2.21. The number of nitrogens with zero attached hydrogens (tertiary/aromatic N) is 1. The fraction of sp³-hybridized carbons (Fsp3) is 0.300. The Kier molecular flexibility index (Phi) is 2.87. The van der Waals surface area contributed by atoms with Gasteiger partial charge in [-0.15, -0.1) is 0 Å². The van der Waals surface area contributed by atoms with Gasteiger partial charge in [-0.3, -0.25) is 4.79 Å². The van der Waals surface area contributed by atoms with Crippen molar-refractivity contribution in [1.29, 1.82) is 0 Å². The molecule has 1 aliphatic rings. The van der Waals surface area contributed by atoms with Crippen molar-refractivity contribution in [2.45, 2.75) is 12.2 Å². The summed E-state index contributed by atoms with van der Waals surface area (Å²) in [5.41, 5.74) is 0.956. The Morgan fingerprint density at radius 1 is 1.47 bits per heavy atom. The highest BCUT2D eigenvalue weighted by atomic mass is 35.7. The number of rotatable bonds is 2. The maximum absolute atomic E-state index is 13.7. The van der Waals surface area contributed by atoms with Crippen LogP contribution in [0.2, 0.25) is 0 Å². The number of carbonyl (C=O) groups is 1. The number of anilines is 1. The van der Waals surface area contributed by atoms with Gasteiger partial charge in [0.05, 0.1) is 17.9 Å². The van der Waals surface area contributed by atoms with Crippen molar-refractivity contribution in [3.05, 3.63) is 29.1 Å². The molecule has 7 heteroatoms. The summed E-state index contributed by atoms with van der Waals surface area (Å²) in [5.74, 6) is -1.27. The monoisotopic (exact) mass is 277 g/mol. The lowest BCUT2D eigenvalue weighted by molar-refractivity contribution is -0.117. The first-order valence-electron chi connectivity index (χ1n) is 4.78. The summed E-state index contributed by atoms with van der Waals surface area (Å²) in [6.07, 6.45) is 0.0823. The van der Waals surface area contributed by atoms with Crippen LogP contribution in [0.4, 0.5) is 10.1 Å². The number of halogens is 2. The largest absolute Gasteiger partial charge is 0.312 e. The van der Waals surface area contributed by atoms with Crippen LogP contribution in [0.25, 0.3) is 0 Å². The molecule has 0 radical (unpaired) electrons. The summed E-state index contributed by atoms with van der Waals surface area (Å²) in [6.45, 7) is 0. The third-order valence-electron chi connectivity index (χ3n) is 2.59. The molecule has 1 heterocycles. The van der Waals surface area contributed by atoms with Crippen molar-refractivity contribution < 1.29 is 17.6 Å². The molecule has 0 saturated carbocycles. The summed E-state index contributed by atoms with van der Waals surface area (Å²) in [5, 5.41) is 0. The molecule has 17 heavy (non-hydrogen) atoms. The van der Waals surface area contributed by atoms with Crippen LogP contribution in [-0.2, 0) is 26.0 Å². The van der Waals surface area contributed by atoms with Crippen LogP contribution in [0, 0.1) is 5.82 Å². The molecule has 1 amide bonds. The second-order valence-electron chi connectivity index (χ2n) is 3.90. The molecule has 0 fully saturated rings. The lowest BCUT2D eigenvalue weighted by Gasteiger charge is -2.11. The summed E-state index contributed by atoms with van der Waals surface area (Å²) in [6, 6.07) is 2.59. The molecule has 0 bridgehead atoms. The maximum atomic E-state index is 13.7. The molecule has 0 saturated heterocycles. The van der Waals surface area contributed by atoms with Crippen LogP contribution in [0.5, 0.6) is 0 Å². The van der Waals surface area contributed by atoms with Gasteiger partial charge in [-0.2, -0.15) is 0 Å². The van der Waals surface area contributed by atoms with Gasteiger partial charge < -0.3 is 4.90 Å². The molecule has 1 aromatic carbocycles. The molecule has 1 aromatic rings. The minimum atomic E-state index is -3.73. The Hall–Kier alpha value is -1.14. The van der Waals surface area contributed by atoms with Crippen LogP contribution in [0.15, 0.2) is 12.1 Å². The van der Waals surface area contributed by atoms with E-state index in [4.69, 9.17) is 10.7 Å². The van der Waals surface area contributed by atoms with Gasteiger partial charge >= 0.3 is 0 Å². The fourth-order valence-electron chi connectivity index (χ4n) is 1.92. The molecule has 1 aliphatic heterocycles. The van der Waals surface area contributed by atoms with E-state index in [9.17, 15) is 17.6 Å².